The fourth-order valence-electron chi connectivity index (χ4n) is 2.40. The van der Waals surface area contributed by atoms with E-state index in [9.17, 15) is 0 Å². The first-order valence-electron chi connectivity index (χ1n) is 7.04. The lowest BCUT2D eigenvalue weighted by Gasteiger charge is -2.11. The van der Waals surface area contributed by atoms with Gasteiger partial charge in [0.25, 0.3) is 0 Å². The first-order chi connectivity index (χ1) is 10.3. The Bertz CT molecular complexity index is 768. The summed E-state index contributed by atoms with van der Waals surface area (Å²) in [6, 6.07) is 18.1. The normalized spacial score (nSPS) is 10.8. The van der Waals surface area contributed by atoms with Gasteiger partial charge in [-0.05, 0) is 43.8 Å². The van der Waals surface area contributed by atoms with E-state index in [1.165, 1.54) is 5.56 Å². The van der Waals surface area contributed by atoms with Gasteiger partial charge in [-0.3, -0.25) is 4.98 Å². The molecular formula is C18H18N2O. The van der Waals surface area contributed by atoms with E-state index in [4.69, 9.17) is 4.74 Å². The zero-order chi connectivity index (χ0) is 14.7. The van der Waals surface area contributed by atoms with Gasteiger partial charge in [-0.25, -0.2) is 0 Å². The molecule has 0 aliphatic carbocycles. The summed E-state index contributed by atoms with van der Waals surface area (Å²) < 4.78 is 6.09. The minimum absolute atomic E-state index is 0.827. The fraction of sp³-hybridized carbons (Fsp3) is 0.167. The van der Waals surface area contributed by atoms with Gasteiger partial charge in [0, 0.05) is 23.7 Å². The second-order valence-corrected chi connectivity index (χ2v) is 5.06. The van der Waals surface area contributed by atoms with Crippen LogP contribution in [0.3, 0.4) is 0 Å². The van der Waals surface area contributed by atoms with Crippen molar-refractivity contribution in [3.8, 4) is 11.5 Å². The number of nitrogens with zero attached hydrogens (tertiary/aromatic N) is 1. The van der Waals surface area contributed by atoms with Crippen molar-refractivity contribution in [2.45, 2.75) is 13.5 Å². The van der Waals surface area contributed by atoms with E-state index in [1.807, 2.05) is 56.4 Å². The molecule has 3 aromatic rings. The van der Waals surface area contributed by atoms with Crippen LogP contribution in [0.5, 0.6) is 11.5 Å². The van der Waals surface area contributed by atoms with Crippen LogP contribution in [0.2, 0.25) is 0 Å². The molecule has 3 nitrogen and oxygen atoms in total. The summed E-state index contributed by atoms with van der Waals surface area (Å²) in [5, 5.41) is 4.18. The van der Waals surface area contributed by atoms with Crippen molar-refractivity contribution in [2.75, 3.05) is 7.05 Å². The number of ether oxygens (including phenoxy) is 1. The smallest absolute Gasteiger partial charge is 0.138 e. The van der Waals surface area contributed by atoms with Crippen LogP contribution in [0.25, 0.3) is 10.9 Å². The Hall–Kier alpha value is -2.39. The van der Waals surface area contributed by atoms with Gasteiger partial charge in [0.15, 0.2) is 0 Å². The quantitative estimate of drug-likeness (QED) is 0.781. The third-order valence-corrected chi connectivity index (χ3v) is 3.31. The lowest BCUT2D eigenvalue weighted by Crippen LogP contribution is -2.04. The van der Waals surface area contributed by atoms with Crippen molar-refractivity contribution in [1.82, 2.24) is 10.3 Å². The van der Waals surface area contributed by atoms with Crippen LogP contribution >= 0.6 is 0 Å². The maximum absolute atomic E-state index is 6.09. The summed E-state index contributed by atoms with van der Waals surface area (Å²) >= 11 is 0. The SMILES string of the molecule is CNCc1cccc(Oc2cc(C)nc3ccccc23)c1. The van der Waals surface area contributed by atoms with Crippen LogP contribution in [0.15, 0.2) is 54.6 Å². The monoisotopic (exact) mass is 278 g/mol. The van der Waals surface area contributed by atoms with E-state index in [2.05, 4.69) is 22.4 Å². The second-order valence-electron chi connectivity index (χ2n) is 5.06. The van der Waals surface area contributed by atoms with Crippen molar-refractivity contribution in [1.29, 1.82) is 0 Å². The van der Waals surface area contributed by atoms with Gasteiger partial charge in [0.2, 0.25) is 0 Å². The number of pyridine rings is 1. The third-order valence-electron chi connectivity index (χ3n) is 3.31. The molecule has 1 N–H and O–H groups in total. The molecule has 3 rings (SSSR count). The van der Waals surface area contributed by atoms with E-state index < -0.39 is 0 Å². The van der Waals surface area contributed by atoms with Gasteiger partial charge in [-0.15, -0.1) is 0 Å². The molecule has 0 radical (unpaired) electrons. The zero-order valence-electron chi connectivity index (χ0n) is 12.3. The molecule has 0 unspecified atom stereocenters. The maximum atomic E-state index is 6.09. The Morgan fingerprint density at radius 2 is 1.90 bits per heavy atom. The van der Waals surface area contributed by atoms with Crippen LogP contribution in [0.1, 0.15) is 11.3 Å². The average molecular weight is 278 g/mol. The molecule has 0 amide bonds. The van der Waals surface area contributed by atoms with Gasteiger partial charge < -0.3 is 10.1 Å². The highest BCUT2D eigenvalue weighted by Gasteiger charge is 2.06. The number of rotatable bonds is 4. The van der Waals surface area contributed by atoms with Gasteiger partial charge in [-0.1, -0.05) is 24.3 Å². The number of nitrogens with one attached hydrogen (secondary N) is 1. The lowest BCUT2D eigenvalue weighted by atomic mass is 10.2. The van der Waals surface area contributed by atoms with E-state index in [1.54, 1.807) is 0 Å². The minimum atomic E-state index is 0.827. The molecule has 1 aromatic heterocycles. The molecule has 0 bridgehead atoms. The molecule has 0 spiro atoms. The molecule has 0 atom stereocenters. The van der Waals surface area contributed by atoms with Gasteiger partial charge in [0.1, 0.15) is 11.5 Å². The Morgan fingerprint density at radius 1 is 1.05 bits per heavy atom. The molecule has 3 heteroatoms. The molecule has 0 aliphatic rings. The predicted molar refractivity (Wildman–Crippen MR) is 85.8 cm³/mol. The first-order valence-corrected chi connectivity index (χ1v) is 7.04. The first kappa shape index (κ1) is 13.6. The number of fused-ring (bicyclic) bond motifs is 1. The Morgan fingerprint density at radius 3 is 2.76 bits per heavy atom. The Balaban J connectivity index is 1.99. The molecule has 2 aromatic carbocycles. The number of aromatic nitrogens is 1. The van der Waals surface area contributed by atoms with Crippen molar-refractivity contribution in [3.63, 3.8) is 0 Å². The molecule has 0 saturated carbocycles. The summed E-state index contributed by atoms with van der Waals surface area (Å²) in [5.74, 6) is 1.69. The van der Waals surface area contributed by atoms with Gasteiger partial charge in [0.05, 0.1) is 5.52 Å². The van der Waals surface area contributed by atoms with Crippen LogP contribution in [-0.2, 0) is 6.54 Å². The second kappa shape index (κ2) is 5.94. The molecule has 1 heterocycles. The summed E-state index contributed by atoms with van der Waals surface area (Å²) in [6.07, 6.45) is 0. The van der Waals surface area contributed by atoms with E-state index in [0.29, 0.717) is 0 Å². The highest BCUT2D eigenvalue weighted by molar-refractivity contribution is 5.85. The van der Waals surface area contributed by atoms with Crippen LogP contribution in [0, 0.1) is 6.92 Å². The Labute approximate surface area is 124 Å². The van der Waals surface area contributed by atoms with Crippen molar-refractivity contribution >= 4 is 10.9 Å². The fourth-order valence-corrected chi connectivity index (χ4v) is 2.40. The highest BCUT2D eigenvalue weighted by atomic mass is 16.5. The molecular weight excluding hydrogens is 260 g/mol. The number of benzene rings is 2. The lowest BCUT2D eigenvalue weighted by molar-refractivity contribution is 0.486. The van der Waals surface area contributed by atoms with Crippen molar-refractivity contribution in [2.24, 2.45) is 0 Å². The number of hydrogen-bond donors (Lipinski definition) is 1. The summed E-state index contributed by atoms with van der Waals surface area (Å²) in [4.78, 5) is 4.53. The van der Waals surface area contributed by atoms with Crippen LogP contribution in [0.4, 0.5) is 0 Å². The summed E-state index contributed by atoms with van der Waals surface area (Å²) in [5.41, 5.74) is 3.11. The number of para-hydroxylation sites is 1. The molecule has 106 valence electrons. The van der Waals surface area contributed by atoms with Crippen molar-refractivity contribution in [3.05, 3.63) is 65.9 Å². The predicted octanol–water partition coefficient (Wildman–Crippen LogP) is 4.05. The van der Waals surface area contributed by atoms with Crippen molar-refractivity contribution < 1.29 is 4.74 Å². The Kier molecular flexibility index (Phi) is 3.84. The van der Waals surface area contributed by atoms with Crippen LogP contribution in [-0.4, -0.2) is 12.0 Å². The van der Waals surface area contributed by atoms with E-state index in [0.717, 1.165) is 34.6 Å². The third kappa shape index (κ3) is 3.03. The highest BCUT2D eigenvalue weighted by Crippen LogP contribution is 2.30. The zero-order valence-corrected chi connectivity index (χ0v) is 12.3. The maximum Gasteiger partial charge on any atom is 0.138 e. The van der Waals surface area contributed by atoms with Gasteiger partial charge in [-0.2, -0.15) is 0 Å². The van der Waals surface area contributed by atoms with Gasteiger partial charge >= 0.3 is 0 Å². The molecule has 0 fully saturated rings. The average Bonchev–Trinajstić information content (AvgIpc) is 2.48. The largest absolute Gasteiger partial charge is 0.457 e. The molecule has 0 saturated heterocycles. The number of hydrogen-bond acceptors (Lipinski definition) is 3. The summed E-state index contributed by atoms with van der Waals surface area (Å²) in [7, 11) is 1.94. The molecule has 21 heavy (non-hydrogen) atoms. The topological polar surface area (TPSA) is 34.1 Å². The van der Waals surface area contributed by atoms with E-state index in [-0.39, 0.29) is 0 Å². The van der Waals surface area contributed by atoms with Crippen LogP contribution < -0.4 is 10.1 Å². The molecule has 0 aliphatic heterocycles. The standard InChI is InChI=1S/C18H18N2O/c1-13-10-18(16-8-3-4-9-17(16)20-13)21-15-7-5-6-14(11-15)12-19-2/h3-11,19H,12H2,1-2H3. The minimum Gasteiger partial charge on any atom is -0.457 e. The van der Waals surface area contributed by atoms with E-state index >= 15 is 0 Å². The summed E-state index contributed by atoms with van der Waals surface area (Å²) in [6.45, 7) is 2.81. The number of aryl methyl sites for hydroxylation is 1.